The van der Waals surface area contributed by atoms with Crippen LogP contribution in [0.4, 0.5) is 8.78 Å². The molecule has 2 N–H and O–H groups in total. The van der Waals surface area contributed by atoms with Crippen LogP contribution in [0.25, 0.3) is 10.9 Å². The molecule has 0 spiro atoms. The second-order valence-electron chi connectivity index (χ2n) is 5.91. The Bertz CT molecular complexity index is 1030. The minimum absolute atomic E-state index is 0.0475. The monoisotopic (exact) mass is 390 g/mol. The number of rotatable bonds is 7. The van der Waals surface area contributed by atoms with E-state index in [4.69, 9.17) is 4.55 Å². The van der Waals surface area contributed by atoms with Crippen LogP contribution in [0.5, 0.6) is 0 Å². The first-order valence-corrected chi connectivity index (χ1v) is 9.28. The SMILES string of the molecule is O=C(c1ccc2ncccc2c1)c1cc(F)cc(CCCNS(=O)O)c1F. The molecule has 0 bridgehead atoms. The molecule has 1 unspecified atom stereocenters. The largest absolute Gasteiger partial charge is 0.294 e. The minimum atomic E-state index is -2.16. The molecule has 3 rings (SSSR count). The third kappa shape index (κ3) is 4.60. The standard InChI is InChI=1S/C19H16F2N2O3S/c20-15-10-13(4-2-8-23-27(25)26)18(21)16(11-15)19(24)14-5-6-17-12(9-14)3-1-7-22-17/h1,3,5-7,9-11,23H,2,4,8H2,(H,25,26). The third-order valence-corrected chi connectivity index (χ3v) is 4.52. The lowest BCUT2D eigenvalue weighted by atomic mass is 9.97. The van der Waals surface area contributed by atoms with Crippen molar-refractivity contribution >= 4 is 28.0 Å². The Hall–Kier alpha value is -2.55. The molecule has 27 heavy (non-hydrogen) atoms. The van der Waals surface area contributed by atoms with Crippen LogP contribution >= 0.6 is 0 Å². The Morgan fingerprint density at radius 2 is 2.00 bits per heavy atom. The predicted molar refractivity (Wildman–Crippen MR) is 98.6 cm³/mol. The highest BCUT2D eigenvalue weighted by atomic mass is 32.2. The molecule has 5 nitrogen and oxygen atoms in total. The van der Waals surface area contributed by atoms with Gasteiger partial charge in [-0.3, -0.25) is 14.3 Å². The molecule has 0 aliphatic rings. The summed E-state index contributed by atoms with van der Waals surface area (Å²) in [4.78, 5) is 16.9. The van der Waals surface area contributed by atoms with Gasteiger partial charge in [-0.15, -0.1) is 0 Å². The summed E-state index contributed by atoms with van der Waals surface area (Å²) in [7, 11) is 0. The van der Waals surface area contributed by atoms with Crippen molar-refractivity contribution in [1.82, 2.24) is 9.71 Å². The van der Waals surface area contributed by atoms with E-state index in [0.717, 1.165) is 17.5 Å². The number of fused-ring (bicyclic) bond motifs is 1. The Morgan fingerprint density at radius 1 is 1.19 bits per heavy atom. The Kier molecular flexibility index (Phi) is 6.00. The van der Waals surface area contributed by atoms with E-state index in [1.807, 2.05) is 0 Å². The van der Waals surface area contributed by atoms with Crippen LogP contribution in [0, 0.1) is 11.6 Å². The summed E-state index contributed by atoms with van der Waals surface area (Å²) in [5, 5.41) is 0.725. The van der Waals surface area contributed by atoms with Crippen LogP contribution in [0.2, 0.25) is 0 Å². The molecule has 1 atom stereocenters. The van der Waals surface area contributed by atoms with Gasteiger partial charge in [-0.1, -0.05) is 6.07 Å². The van der Waals surface area contributed by atoms with Crippen LogP contribution in [-0.2, 0) is 17.7 Å². The first-order chi connectivity index (χ1) is 13.0. The van der Waals surface area contributed by atoms with Crippen molar-refractivity contribution in [2.45, 2.75) is 12.8 Å². The fourth-order valence-corrected chi connectivity index (χ4v) is 3.12. The van der Waals surface area contributed by atoms with E-state index in [1.54, 1.807) is 30.5 Å². The molecule has 0 aliphatic carbocycles. The number of hydrogen-bond acceptors (Lipinski definition) is 3. The molecule has 2 aromatic carbocycles. The van der Waals surface area contributed by atoms with E-state index >= 15 is 0 Å². The number of benzene rings is 2. The zero-order chi connectivity index (χ0) is 19.4. The first-order valence-electron chi connectivity index (χ1n) is 8.17. The second-order valence-corrected chi connectivity index (χ2v) is 6.70. The highest BCUT2D eigenvalue weighted by Crippen LogP contribution is 2.22. The molecule has 0 saturated heterocycles. The number of nitrogens with one attached hydrogen (secondary N) is 1. The molecule has 8 heteroatoms. The number of hydrogen-bond donors (Lipinski definition) is 2. The third-order valence-electron chi connectivity index (χ3n) is 4.07. The van der Waals surface area contributed by atoms with Crippen molar-refractivity contribution < 1.29 is 22.3 Å². The van der Waals surface area contributed by atoms with Crippen LogP contribution in [0.3, 0.4) is 0 Å². The zero-order valence-electron chi connectivity index (χ0n) is 14.1. The lowest BCUT2D eigenvalue weighted by Crippen LogP contribution is -2.18. The van der Waals surface area contributed by atoms with E-state index in [-0.39, 0.29) is 29.7 Å². The normalized spacial score (nSPS) is 12.3. The molecule has 0 aliphatic heterocycles. The number of carbonyl (C=O) groups excluding carboxylic acids is 1. The predicted octanol–water partition coefficient (Wildman–Crippen LogP) is 3.40. The number of aromatic nitrogens is 1. The quantitative estimate of drug-likeness (QED) is 0.368. The van der Waals surface area contributed by atoms with Gasteiger partial charge in [0.15, 0.2) is 5.78 Å². The van der Waals surface area contributed by atoms with Gasteiger partial charge in [-0.2, -0.15) is 0 Å². The lowest BCUT2D eigenvalue weighted by Gasteiger charge is -2.09. The van der Waals surface area contributed by atoms with Crippen LogP contribution in [0.15, 0.2) is 48.7 Å². The Balaban J connectivity index is 1.88. The van der Waals surface area contributed by atoms with Crippen LogP contribution in [0.1, 0.15) is 27.9 Å². The van der Waals surface area contributed by atoms with Crippen LogP contribution < -0.4 is 4.72 Å². The van der Waals surface area contributed by atoms with Crippen molar-refractivity contribution in [1.29, 1.82) is 0 Å². The van der Waals surface area contributed by atoms with Gasteiger partial charge in [0, 0.05) is 23.7 Å². The van der Waals surface area contributed by atoms with Crippen LogP contribution in [-0.4, -0.2) is 26.1 Å². The Morgan fingerprint density at radius 3 is 2.78 bits per heavy atom. The maximum Gasteiger partial charge on any atom is 0.231 e. The van der Waals surface area contributed by atoms with Gasteiger partial charge in [-0.05, 0) is 54.8 Å². The molecule has 1 aromatic heterocycles. The van der Waals surface area contributed by atoms with Gasteiger partial charge >= 0.3 is 0 Å². The van der Waals surface area contributed by atoms with Crippen molar-refractivity contribution in [2.24, 2.45) is 0 Å². The van der Waals surface area contributed by atoms with Gasteiger partial charge in [-0.25, -0.2) is 17.7 Å². The molecule has 0 fully saturated rings. The maximum atomic E-state index is 14.8. The molecule has 0 radical (unpaired) electrons. The molecule has 3 aromatic rings. The van der Waals surface area contributed by atoms with E-state index < -0.39 is 28.7 Å². The maximum absolute atomic E-state index is 14.8. The van der Waals surface area contributed by atoms with Crippen molar-refractivity contribution in [3.8, 4) is 0 Å². The summed E-state index contributed by atoms with van der Waals surface area (Å²) in [5.74, 6) is -2.11. The average molecular weight is 390 g/mol. The smallest absolute Gasteiger partial charge is 0.231 e. The van der Waals surface area contributed by atoms with Crippen molar-refractivity contribution in [3.05, 3.63) is 77.0 Å². The molecule has 0 saturated carbocycles. The summed E-state index contributed by atoms with van der Waals surface area (Å²) in [6.45, 7) is 0.153. The number of halogens is 2. The molecule has 0 amide bonds. The van der Waals surface area contributed by atoms with E-state index in [0.29, 0.717) is 11.9 Å². The Labute approximate surface area is 156 Å². The highest BCUT2D eigenvalue weighted by Gasteiger charge is 2.19. The average Bonchev–Trinajstić information content (AvgIpc) is 2.66. The number of pyridine rings is 1. The first kappa shape index (κ1) is 19.2. The van der Waals surface area contributed by atoms with E-state index in [9.17, 15) is 17.8 Å². The van der Waals surface area contributed by atoms with Gasteiger partial charge in [0.2, 0.25) is 11.3 Å². The van der Waals surface area contributed by atoms with Gasteiger partial charge in [0.1, 0.15) is 11.6 Å². The molecular weight excluding hydrogens is 374 g/mol. The van der Waals surface area contributed by atoms with Crippen molar-refractivity contribution in [3.63, 3.8) is 0 Å². The summed E-state index contributed by atoms with van der Waals surface area (Å²) in [5.41, 5.74) is 0.643. The van der Waals surface area contributed by atoms with Gasteiger partial charge in [0.25, 0.3) is 0 Å². The fraction of sp³-hybridized carbons (Fsp3) is 0.158. The summed E-state index contributed by atoms with van der Waals surface area (Å²) in [6, 6.07) is 10.2. The number of nitrogens with zero attached hydrogens (tertiary/aromatic N) is 1. The summed E-state index contributed by atoms with van der Waals surface area (Å²) in [6.07, 6.45) is 2.06. The molecule has 1 heterocycles. The summed E-state index contributed by atoms with van der Waals surface area (Å²) < 4.78 is 50.2. The number of aryl methyl sites for hydroxylation is 1. The van der Waals surface area contributed by atoms with E-state index in [1.165, 1.54) is 6.07 Å². The topological polar surface area (TPSA) is 79.3 Å². The minimum Gasteiger partial charge on any atom is -0.294 e. The lowest BCUT2D eigenvalue weighted by molar-refractivity contribution is 0.103. The second kappa shape index (κ2) is 8.43. The highest BCUT2D eigenvalue weighted by molar-refractivity contribution is 7.77. The fourth-order valence-electron chi connectivity index (χ4n) is 2.80. The van der Waals surface area contributed by atoms with E-state index in [2.05, 4.69) is 9.71 Å². The van der Waals surface area contributed by atoms with Gasteiger partial charge < -0.3 is 0 Å². The molecular formula is C19H16F2N2O3S. The molecule has 140 valence electrons. The van der Waals surface area contributed by atoms with Gasteiger partial charge in [0.05, 0.1) is 11.1 Å². The summed E-state index contributed by atoms with van der Waals surface area (Å²) >= 11 is -2.16. The number of ketones is 1. The van der Waals surface area contributed by atoms with Crippen molar-refractivity contribution in [2.75, 3.05) is 6.54 Å². The number of carbonyl (C=O) groups is 1. The zero-order valence-corrected chi connectivity index (χ0v) is 14.9.